The molecule has 0 aliphatic carbocycles. The Morgan fingerprint density at radius 3 is 2.47 bits per heavy atom. The van der Waals surface area contributed by atoms with Gasteiger partial charge in [0.15, 0.2) is 5.11 Å². The van der Waals surface area contributed by atoms with E-state index in [1.165, 1.54) is 11.1 Å². The lowest BCUT2D eigenvalue weighted by atomic mass is 10.0. The summed E-state index contributed by atoms with van der Waals surface area (Å²) in [6.07, 6.45) is 3.15. The van der Waals surface area contributed by atoms with Gasteiger partial charge < -0.3 is 15.0 Å². The van der Waals surface area contributed by atoms with E-state index in [2.05, 4.69) is 34.5 Å². The topological polar surface area (TPSA) is 24.5 Å². The van der Waals surface area contributed by atoms with Crippen LogP contribution in [0, 0.1) is 0 Å². The van der Waals surface area contributed by atoms with E-state index in [9.17, 15) is 0 Å². The summed E-state index contributed by atoms with van der Waals surface area (Å²) in [6, 6.07) is 8.70. The lowest BCUT2D eigenvalue weighted by molar-refractivity contribution is 0.195. The molecule has 0 amide bonds. The fourth-order valence-electron chi connectivity index (χ4n) is 2.39. The molecule has 4 heteroatoms. The minimum absolute atomic E-state index is 0.779. The first-order valence-electron chi connectivity index (χ1n) is 6.90. The predicted molar refractivity (Wildman–Crippen MR) is 82.5 cm³/mol. The molecule has 1 aromatic carbocycles. The lowest BCUT2D eigenvalue weighted by Gasteiger charge is -2.23. The van der Waals surface area contributed by atoms with Crippen LogP contribution in [0.5, 0.6) is 0 Å². The average Bonchev–Trinajstić information content (AvgIpc) is 2.66. The third kappa shape index (κ3) is 4.18. The number of methoxy groups -OCH3 is 1. The van der Waals surface area contributed by atoms with Gasteiger partial charge in [-0.3, -0.25) is 0 Å². The summed E-state index contributed by atoms with van der Waals surface area (Å²) in [6.45, 7) is 3.68. The fourth-order valence-corrected chi connectivity index (χ4v) is 2.68. The Labute approximate surface area is 120 Å². The van der Waals surface area contributed by atoms with Crippen molar-refractivity contribution in [2.75, 3.05) is 33.4 Å². The van der Waals surface area contributed by atoms with Crippen molar-refractivity contribution >= 4 is 17.3 Å². The van der Waals surface area contributed by atoms with E-state index in [4.69, 9.17) is 17.0 Å². The molecule has 1 aliphatic rings. The summed E-state index contributed by atoms with van der Waals surface area (Å²) >= 11 is 5.47. The van der Waals surface area contributed by atoms with Gasteiger partial charge in [-0.15, -0.1) is 0 Å². The Morgan fingerprint density at radius 1 is 1.26 bits per heavy atom. The lowest BCUT2D eigenvalue weighted by Crippen LogP contribution is -2.41. The Bertz CT molecular complexity index is 395. The fraction of sp³-hybridized carbons (Fsp3) is 0.533. The highest BCUT2D eigenvalue weighted by atomic mass is 32.1. The highest BCUT2D eigenvalue weighted by Gasteiger charge is 2.15. The molecular formula is C15H22N2OS. The molecule has 104 valence electrons. The molecule has 2 rings (SSSR count). The minimum Gasteiger partial charge on any atom is -0.385 e. The van der Waals surface area contributed by atoms with Gasteiger partial charge in [-0.2, -0.15) is 0 Å². The van der Waals surface area contributed by atoms with Crippen LogP contribution in [0.4, 0.5) is 0 Å². The number of fused-ring (bicyclic) bond motifs is 1. The largest absolute Gasteiger partial charge is 0.385 e. The van der Waals surface area contributed by atoms with Crippen LogP contribution in [0.3, 0.4) is 0 Å². The maximum Gasteiger partial charge on any atom is 0.168 e. The zero-order chi connectivity index (χ0) is 13.5. The minimum atomic E-state index is 0.779. The van der Waals surface area contributed by atoms with Gasteiger partial charge >= 0.3 is 0 Å². The summed E-state index contributed by atoms with van der Waals surface area (Å²) in [7, 11) is 1.73. The Morgan fingerprint density at radius 2 is 1.89 bits per heavy atom. The van der Waals surface area contributed by atoms with Crippen LogP contribution in [0.15, 0.2) is 24.3 Å². The van der Waals surface area contributed by atoms with Crippen LogP contribution < -0.4 is 5.32 Å². The number of hydrogen-bond acceptors (Lipinski definition) is 2. The number of thiocarbonyl (C=S) groups is 1. The first-order valence-corrected chi connectivity index (χ1v) is 7.30. The van der Waals surface area contributed by atoms with E-state index < -0.39 is 0 Å². The van der Waals surface area contributed by atoms with Crippen molar-refractivity contribution < 1.29 is 4.74 Å². The van der Waals surface area contributed by atoms with E-state index in [1.54, 1.807) is 7.11 Å². The van der Waals surface area contributed by atoms with E-state index in [0.717, 1.165) is 50.6 Å². The molecule has 0 spiro atoms. The maximum atomic E-state index is 5.47. The van der Waals surface area contributed by atoms with E-state index in [-0.39, 0.29) is 0 Å². The van der Waals surface area contributed by atoms with Gasteiger partial charge in [0.25, 0.3) is 0 Å². The molecule has 0 fully saturated rings. The SMILES string of the molecule is COCCCNC(=S)N1CCc2ccccc2CC1. The molecule has 0 aromatic heterocycles. The predicted octanol–water partition coefficient (Wildman–Crippen LogP) is 2.00. The number of rotatable bonds is 4. The van der Waals surface area contributed by atoms with Crippen molar-refractivity contribution in [3.8, 4) is 0 Å². The highest BCUT2D eigenvalue weighted by Crippen LogP contribution is 2.15. The third-order valence-electron chi connectivity index (χ3n) is 3.51. The van der Waals surface area contributed by atoms with Gasteiger partial charge in [-0.1, -0.05) is 24.3 Å². The van der Waals surface area contributed by atoms with Gasteiger partial charge in [0.05, 0.1) is 0 Å². The number of benzene rings is 1. The van der Waals surface area contributed by atoms with E-state index >= 15 is 0 Å². The first-order chi connectivity index (χ1) is 9.31. The van der Waals surface area contributed by atoms with Crippen molar-refractivity contribution in [1.82, 2.24) is 10.2 Å². The van der Waals surface area contributed by atoms with Crippen LogP contribution in [0.1, 0.15) is 17.5 Å². The Kier molecular flexibility index (Phi) is 5.61. The Balaban J connectivity index is 1.82. The van der Waals surface area contributed by atoms with E-state index in [1.807, 2.05) is 0 Å². The van der Waals surface area contributed by atoms with Crippen molar-refractivity contribution in [3.05, 3.63) is 35.4 Å². The smallest absolute Gasteiger partial charge is 0.168 e. The second-order valence-corrected chi connectivity index (χ2v) is 5.22. The second-order valence-electron chi connectivity index (χ2n) is 4.83. The monoisotopic (exact) mass is 278 g/mol. The quantitative estimate of drug-likeness (QED) is 0.672. The molecule has 1 heterocycles. The third-order valence-corrected chi connectivity index (χ3v) is 3.91. The maximum absolute atomic E-state index is 5.47. The van der Waals surface area contributed by atoms with Crippen LogP contribution in [0.25, 0.3) is 0 Å². The first kappa shape index (κ1) is 14.3. The van der Waals surface area contributed by atoms with Crippen LogP contribution in [-0.2, 0) is 17.6 Å². The van der Waals surface area contributed by atoms with Crippen LogP contribution in [0.2, 0.25) is 0 Å². The summed E-state index contributed by atoms with van der Waals surface area (Å²) < 4.78 is 5.03. The van der Waals surface area contributed by atoms with Gasteiger partial charge in [0.1, 0.15) is 0 Å². The molecule has 0 saturated heterocycles. The summed E-state index contributed by atoms with van der Waals surface area (Å²) in [5.41, 5.74) is 2.93. The molecule has 1 aliphatic heterocycles. The molecule has 1 aromatic rings. The molecule has 0 bridgehead atoms. The van der Waals surface area contributed by atoms with Crippen molar-refractivity contribution in [2.45, 2.75) is 19.3 Å². The standard InChI is InChI=1S/C15H22N2OS/c1-18-12-4-9-16-15(19)17-10-7-13-5-2-3-6-14(13)8-11-17/h2-3,5-6H,4,7-12H2,1H3,(H,16,19). The molecule has 3 nitrogen and oxygen atoms in total. The molecule has 0 atom stereocenters. The molecule has 1 N–H and O–H groups in total. The molecular weight excluding hydrogens is 256 g/mol. The zero-order valence-electron chi connectivity index (χ0n) is 11.5. The number of hydrogen-bond donors (Lipinski definition) is 1. The molecule has 0 unspecified atom stereocenters. The van der Waals surface area contributed by atoms with Crippen LogP contribution >= 0.6 is 12.2 Å². The Hall–Kier alpha value is -1.13. The summed E-state index contributed by atoms with van der Waals surface area (Å²) in [5.74, 6) is 0. The normalized spacial score (nSPS) is 14.7. The number of nitrogens with zero attached hydrogens (tertiary/aromatic N) is 1. The van der Waals surface area contributed by atoms with Crippen molar-refractivity contribution in [3.63, 3.8) is 0 Å². The summed E-state index contributed by atoms with van der Waals surface area (Å²) in [5, 5.41) is 4.20. The van der Waals surface area contributed by atoms with Gasteiger partial charge in [0.2, 0.25) is 0 Å². The summed E-state index contributed by atoms with van der Waals surface area (Å²) in [4.78, 5) is 2.28. The van der Waals surface area contributed by atoms with E-state index in [0.29, 0.717) is 0 Å². The molecule has 0 radical (unpaired) electrons. The zero-order valence-corrected chi connectivity index (χ0v) is 12.3. The molecule has 19 heavy (non-hydrogen) atoms. The van der Waals surface area contributed by atoms with Gasteiger partial charge in [0, 0.05) is 33.4 Å². The van der Waals surface area contributed by atoms with Gasteiger partial charge in [-0.05, 0) is 42.6 Å². The average molecular weight is 278 g/mol. The van der Waals surface area contributed by atoms with Crippen molar-refractivity contribution in [1.29, 1.82) is 0 Å². The van der Waals surface area contributed by atoms with Crippen LogP contribution in [-0.4, -0.2) is 43.4 Å². The van der Waals surface area contributed by atoms with Crippen molar-refractivity contribution in [2.24, 2.45) is 0 Å². The molecule has 0 saturated carbocycles. The highest BCUT2D eigenvalue weighted by molar-refractivity contribution is 7.80. The number of ether oxygens (including phenoxy) is 1. The number of nitrogens with one attached hydrogen (secondary N) is 1. The second kappa shape index (κ2) is 7.46. The van der Waals surface area contributed by atoms with Gasteiger partial charge in [-0.25, -0.2) is 0 Å².